The highest BCUT2D eigenvalue weighted by Gasteiger charge is 2.44. The van der Waals surface area contributed by atoms with Gasteiger partial charge in [0, 0.05) is 18.6 Å². The van der Waals surface area contributed by atoms with Gasteiger partial charge < -0.3 is 5.73 Å². The van der Waals surface area contributed by atoms with Crippen LogP contribution in [0.25, 0.3) is 0 Å². The Hall–Kier alpha value is -0.0800. The second-order valence-electron chi connectivity index (χ2n) is 6.15. The van der Waals surface area contributed by atoms with E-state index in [0.29, 0.717) is 6.04 Å². The highest BCUT2D eigenvalue weighted by molar-refractivity contribution is 4.97. The normalized spacial score (nSPS) is 47.6. The van der Waals surface area contributed by atoms with Gasteiger partial charge in [0.1, 0.15) is 0 Å². The average Bonchev–Trinajstić information content (AvgIpc) is 2.93. The van der Waals surface area contributed by atoms with Crippen molar-refractivity contribution in [2.75, 3.05) is 13.1 Å². The van der Waals surface area contributed by atoms with Gasteiger partial charge in [0.15, 0.2) is 0 Å². The largest absolute Gasteiger partial charge is 0.328 e. The van der Waals surface area contributed by atoms with E-state index in [2.05, 4.69) is 11.8 Å². The molecule has 5 atom stereocenters. The minimum Gasteiger partial charge on any atom is -0.328 e. The fraction of sp³-hybridized carbons (Fsp3) is 1.00. The van der Waals surface area contributed by atoms with E-state index in [0.717, 1.165) is 23.8 Å². The minimum absolute atomic E-state index is 0.397. The summed E-state index contributed by atoms with van der Waals surface area (Å²) in [5.74, 6) is 2.89. The van der Waals surface area contributed by atoms with E-state index in [9.17, 15) is 0 Å². The van der Waals surface area contributed by atoms with E-state index in [1.54, 1.807) is 0 Å². The molecular formula is C13H24N2. The lowest BCUT2D eigenvalue weighted by molar-refractivity contribution is 0.168. The van der Waals surface area contributed by atoms with Crippen LogP contribution in [0.3, 0.4) is 0 Å². The zero-order chi connectivity index (χ0) is 10.4. The predicted octanol–water partition coefficient (Wildman–Crippen LogP) is 1.84. The first kappa shape index (κ1) is 10.1. The van der Waals surface area contributed by atoms with Crippen LogP contribution < -0.4 is 5.73 Å². The molecule has 2 saturated carbocycles. The summed E-state index contributed by atoms with van der Waals surface area (Å²) in [5, 5.41) is 0. The molecule has 2 aliphatic carbocycles. The molecule has 2 bridgehead atoms. The molecule has 1 heterocycles. The van der Waals surface area contributed by atoms with Crippen molar-refractivity contribution >= 4 is 0 Å². The van der Waals surface area contributed by atoms with Gasteiger partial charge in [-0.25, -0.2) is 0 Å². The van der Waals surface area contributed by atoms with E-state index >= 15 is 0 Å². The van der Waals surface area contributed by atoms with Crippen LogP contribution in [0.4, 0.5) is 0 Å². The first-order chi connectivity index (χ1) is 7.24. The summed E-state index contributed by atoms with van der Waals surface area (Å²) in [6.45, 7) is 4.78. The highest BCUT2D eigenvalue weighted by Crippen LogP contribution is 2.47. The SMILES string of the molecule is CC(N)C1CCN(C2CC3CCC2C3)C1. The molecule has 3 aliphatic rings. The lowest BCUT2D eigenvalue weighted by Gasteiger charge is -2.31. The minimum atomic E-state index is 0.397. The number of nitrogens with two attached hydrogens (primary N) is 1. The number of hydrogen-bond acceptors (Lipinski definition) is 2. The maximum atomic E-state index is 6.01. The van der Waals surface area contributed by atoms with Crippen LogP contribution in [-0.4, -0.2) is 30.1 Å². The quantitative estimate of drug-likeness (QED) is 0.750. The van der Waals surface area contributed by atoms with Crippen LogP contribution in [0.5, 0.6) is 0 Å². The lowest BCUT2D eigenvalue weighted by Crippen LogP contribution is -2.38. The van der Waals surface area contributed by atoms with E-state index in [4.69, 9.17) is 5.73 Å². The van der Waals surface area contributed by atoms with Crippen molar-refractivity contribution in [1.82, 2.24) is 4.90 Å². The first-order valence-corrected chi connectivity index (χ1v) is 6.73. The molecular weight excluding hydrogens is 184 g/mol. The molecule has 1 aliphatic heterocycles. The van der Waals surface area contributed by atoms with Gasteiger partial charge in [-0.05, 0) is 56.9 Å². The Balaban J connectivity index is 1.61. The van der Waals surface area contributed by atoms with Crippen molar-refractivity contribution in [3.8, 4) is 0 Å². The zero-order valence-electron chi connectivity index (χ0n) is 9.86. The molecule has 0 amide bonds. The molecule has 2 heteroatoms. The molecule has 0 aromatic carbocycles. The molecule has 0 aromatic heterocycles. The molecule has 86 valence electrons. The summed E-state index contributed by atoms with van der Waals surface area (Å²) in [4.78, 5) is 2.76. The number of hydrogen-bond donors (Lipinski definition) is 1. The Morgan fingerprint density at radius 3 is 2.60 bits per heavy atom. The number of nitrogens with zero attached hydrogens (tertiary/aromatic N) is 1. The molecule has 3 fully saturated rings. The van der Waals surface area contributed by atoms with Gasteiger partial charge in [-0.3, -0.25) is 4.90 Å². The molecule has 0 spiro atoms. The summed E-state index contributed by atoms with van der Waals surface area (Å²) in [6.07, 6.45) is 7.40. The Morgan fingerprint density at radius 2 is 2.07 bits per heavy atom. The second kappa shape index (κ2) is 3.74. The Bertz CT molecular complexity index is 239. The van der Waals surface area contributed by atoms with E-state index in [-0.39, 0.29) is 0 Å². The molecule has 1 saturated heterocycles. The zero-order valence-corrected chi connectivity index (χ0v) is 9.86. The van der Waals surface area contributed by atoms with Gasteiger partial charge in [0.05, 0.1) is 0 Å². The van der Waals surface area contributed by atoms with Gasteiger partial charge in [-0.2, -0.15) is 0 Å². The van der Waals surface area contributed by atoms with Gasteiger partial charge >= 0.3 is 0 Å². The summed E-state index contributed by atoms with van der Waals surface area (Å²) < 4.78 is 0. The average molecular weight is 208 g/mol. The third-order valence-electron chi connectivity index (χ3n) is 5.17. The molecule has 0 radical (unpaired) electrons. The van der Waals surface area contributed by atoms with Crippen molar-refractivity contribution in [1.29, 1.82) is 0 Å². The smallest absolute Gasteiger partial charge is 0.0126 e. The number of rotatable bonds is 2. The third kappa shape index (κ3) is 1.72. The molecule has 2 nitrogen and oxygen atoms in total. The van der Waals surface area contributed by atoms with Crippen molar-refractivity contribution < 1.29 is 0 Å². The van der Waals surface area contributed by atoms with Crippen LogP contribution in [0.2, 0.25) is 0 Å². The van der Waals surface area contributed by atoms with Crippen molar-refractivity contribution in [2.45, 2.75) is 51.1 Å². The lowest BCUT2D eigenvalue weighted by atomic mass is 9.94. The fourth-order valence-electron chi connectivity index (χ4n) is 4.20. The Morgan fingerprint density at radius 1 is 1.20 bits per heavy atom. The number of fused-ring (bicyclic) bond motifs is 2. The maximum absolute atomic E-state index is 6.01. The molecule has 2 N–H and O–H groups in total. The van der Waals surface area contributed by atoms with Gasteiger partial charge in [-0.15, -0.1) is 0 Å². The van der Waals surface area contributed by atoms with E-state index in [1.165, 1.54) is 45.2 Å². The topological polar surface area (TPSA) is 29.3 Å². The van der Waals surface area contributed by atoms with Crippen LogP contribution in [0, 0.1) is 17.8 Å². The van der Waals surface area contributed by atoms with Gasteiger partial charge in [-0.1, -0.05) is 6.42 Å². The second-order valence-corrected chi connectivity index (χ2v) is 6.15. The summed E-state index contributed by atoms with van der Waals surface area (Å²) in [5.41, 5.74) is 6.01. The molecule has 15 heavy (non-hydrogen) atoms. The van der Waals surface area contributed by atoms with Gasteiger partial charge in [0.2, 0.25) is 0 Å². The van der Waals surface area contributed by atoms with E-state index in [1.807, 2.05) is 0 Å². The molecule has 5 unspecified atom stereocenters. The maximum Gasteiger partial charge on any atom is 0.0126 e. The standard InChI is InChI=1S/C13H24N2/c1-9(14)12-4-5-15(8-12)13-7-10-2-3-11(13)6-10/h9-13H,2-8,14H2,1H3. The number of likely N-dealkylation sites (tertiary alicyclic amines) is 1. The van der Waals surface area contributed by atoms with Crippen molar-refractivity contribution in [2.24, 2.45) is 23.5 Å². The van der Waals surface area contributed by atoms with Crippen LogP contribution in [-0.2, 0) is 0 Å². The van der Waals surface area contributed by atoms with Crippen LogP contribution in [0.1, 0.15) is 39.0 Å². The summed E-state index contributed by atoms with van der Waals surface area (Å²) in [6, 6.07) is 1.33. The highest BCUT2D eigenvalue weighted by atomic mass is 15.2. The summed E-state index contributed by atoms with van der Waals surface area (Å²) >= 11 is 0. The Labute approximate surface area is 93.2 Å². The Kier molecular flexibility index (Phi) is 2.52. The van der Waals surface area contributed by atoms with Crippen LogP contribution >= 0.6 is 0 Å². The molecule has 3 rings (SSSR count). The predicted molar refractivity (Wildman–Crippen MR) is 62.6 cm³/mol. The summed E-state index contributed by atoms with van der Waals surface area (Å²) in [7, 11) is 0. The monoisotopic (exact) mass is 208 g/mol. The van der Waals surface area contributed by atoms with Gasteiger partial charge in [0.25, 0.3) is 0 Å². The first-order valence-electron chi connectivity index (χ1n) is 6.73. The third-order valence-corrected chi connectivity index (χ3v) is 5.17. The van der Waals surface area contributed by atoms with Crippen molar-refractivity contribution in [3.05, 3.63) is 0 Å². The van der Waals surface area contributed by atoms with E-state index < -0.39 is 0 Å². The fourth-order valence-corrected chi connectivity index (χ4v) is 4.20. The molecule has 0 aromatic rings. The van der Waals surface area contributed by atoms with Crippen molar-refractivity contribution in [3.63, 3.8) is 0 Å². The van der Waals surface area contributed by atoms with Crippen LogP contribution in [0.15, 0.2) is 0 Å².